The van der Waals surface area contributed by atoms with Crippen molar-refractivity contribution in [3.63, 3.8) is 0 Å². The van der Waals surface area contributed by atoms with Crippen LogP contribution in [0.2, 0.25) is 0 Å². The predicted octanol–water partition coefficient (Wildman–Crippen LogP) is 6.68. The topological polar surface area (TPSA) is 18.5 Å². The van der Waals surface area contributed by atoms with Gasteiger partial charge in [0.15, 0.2) is 0 Å². The van der Waals surface area contributed by atoms with E-state index in [1.54, 1.807) is 12.1 Å². The molecule has 0 spiro atoms. The summed E-state index contributed by atoms with van der Waals surface area (Å²) >= 11 is 1.37. The van der Waals surface area contributed by atoms with Gasteiger partial charge in [0, 0.05) is 29.2 Å². The largest absolute Gasteiger partial charge is 0.416 e. The van der Waals surface area contributed by atoms with Gasteiger partial charge in [-0.3, -0.25) is 0 Å². The van der Waals surface area contributed by atoms with E-state index in [2.05, 4.69) is 13.5 Å². The quantitative estimate of drug-likeness (QED) is 0.335. The standard InChI is InChI=1S/C20H25F3O2S/c1-4-6-11-24-12-9-17(25-10-5-2)19-14(3)16-8-7-15(20(21,22)23)13-18(16)26-19/h5,7-8,13,17H,2,4,6,9-12H2,1,3H3. The predicted molar refractivity (Wildman–Crippen MR) is 101 cm³/mol. The highest BCUT2D eigenvalue weighted by Crippen LogP contribution is 2.40. The van der Waals surface area contributed by atoms with Gasteiger partial charge in [0.25, 0.3) is 0 Å². The molecule has 0 aliphatic rings. The Bertz CT molecular complexity index is 722. The first-order valence-corrected chi connectivity index (χ1v) is 9.60. The molecule has 0 saturated carbocycles. The number of rotatable bonds is 10. The van der Waals surface area contributed by atoms with Crippen LogP contribution in [0.25, 0.3) is 10.1 Å². The van der Waals surface area contributed by atoms with E-state index < -0.39 is 11.7 Å². The third-order valence-electron chi connectivity index (χ3n) is 4.18. The highest BCUT2D eigenvalue weighted by Gasteiger charge is 2.31. The molecule has 1 aromatic carbocycles. The van der Waals surface area contributed by atoms with Crippen molar-refractivity contribution in [2.24, 2.45) is 0 Å². The minimum Gasteiger partial charge on any atom is -0.381 e. The van der Waals surface area contributed by atoms with Crippen molar-refractivity contribution < 1.29 is 22.6 Å². The summed E-state index contributed by atoms with van der Waals surface area (Å²) in [6, 6.07) is 3.91. The highest BCUT2D eigenvalue weighted by atomic mass is 32.1. The van der Waals surface area contributed by atoms with Gasteiger partial charge in [-0.05, 0) is 36.4 Å². The van der Waals surface area contributed by atoms with Crippen molar-refractivity contribution in [1.82, 2.24) is 0 Å². The first-order valence-electron chi connectivity index (χ1n) is 8.79. The van der Waals surface area contributed by atoms with Gasteiger partial charge in [-0.25, -0.2) is 0 Å². The van der Waals surface area contributed by atoms with Crippen LogP contribution in [0.3, 0.4) is 0 Å². The number of fused-ring (bicyclic) bond motifs is 1. The minimum absolute atomic E-state index is 0.207. The Morgan fingerprint density at radius 2 is 2.04 bits per heavy atom. The van der Waals surface area contributed by atoms with Gasteiger partial charge in [-0.2, -0.15) is 13.2 Å². The van der Waals surface area contributed by atoms with Crippen LogP contribution in [0, 0.1) is 6.92 Å². The van der Waals surface area contributed by atoms with Crippen LogP contribution in [-0.4, -0.2) is 19.8 Å². The fourth-order valence-corrected chi connectivity index (χ4v) is 4.08. The Kier molecular flexibility index (Phi) is 7.68. The second kappa shape index (κ2) is 9.53. The molecule has 0 amide bonds. The van der Waals surface area contributed by atoms with Gasteiger partial charge in [0.1, 0.15) is 0 Å². The Hall–Kier alpha value is -1.37. The number of unbranched alkanes of at least 4 members (excludes halogenated alkanes) is 1. The average Bonchev–Trinajstić information content (AvgIpc) is 2.93. The van der Waals surface area contributed by atoms with Crippen molar-refractivity contribution >= 4 is 21.4 Å². The summed E-state index contributed by atoms with van der Waals surface area (Å²) in [5.74, 6) is 0. The maximum absolute atomic E-state index is 13.0. The van der Waals surface area contributed by atoms with Crippen LogP contribution < -0.4 is 0 Å². The van der Waals surface area contributed by atoms with Crippen LogP contribution >= 0.6 is 11.3 Å². The lowest BCUT2D eigenvalue weighted by atomic mass is 10.1. The molecular weight excluding hydrogens is 361 g/mol. The Morgan fingerprint density at radius 3 is 2.69 bits per heavy atom. The zero-order valence-electron chi connectivity index (χ0n) is 15.2. The van der Waals surface area contributed by atoms with E-state index >= 15 is 0 Å². The van der Waals surface area contributed by atoms with Gasteiger partial charge in [-0.15, -0.1) is 17.9 Å². The summed E-state index contributed by atoms with van der Waals surface area (Å²) in [7, 11) is 0. The second-order valence-corrected chi connectivity index (χ2v) is 7.25. The lowest BCUT2D eigenvalue weighted by Crippen LogP contribution is -2.08. The smallest absolute Gasteiger partial charge is 0.381 e. The molecule has 1 atom stereocenters. The molecule has 0 bridgehead atoms. The fraction of sp³-hybridized carbons (Fsp3) is 0.500. The van der Waals surface area contributed by atoms with Crippen LogP contribution in [0.5, 0.6) is 0 Å². The van der Waals surface area contributed by atoms with E-state index in [-0.39, 0.29) is 6.10 Å². The number of benzene rings is 1. The molecule has 2 nitrogen and oxygen atoms in total. The lowest BCUT2D eigenvalue weighted by molar-refractivity contribution is -0.137. The second-order valence-electron chi connectivity index (χ2n) is 6.17. The van der Waals surface area contributed by atoms with E-state index in [1.165, 1.54) is 17.4 Å². The van der Waals surface area contributed by atoms with Gasteiger partial charge < -0.3 is 9.47 Å². The zero-order valence-corrected chi connectivity index (χ0v) is 16.0. The molecule has 1 unspecified atom stereocenters. The van der Waals surface area contributed by atoms with Crippen LogP contribution in [-0.2, 0) is 15.7 Å². The Labute approximate surface area is 156 Å². The fourth-order valence-electron chi connectivity index (χ4n) is 2.74. The van der Waals surface area contributed by atoms with E-state index in [0.717, 1.165) is 34.7 Å². The SMILES string of the molecule is C=CCOC(CCOCCCC)c1sc2cc(C(F)(F)F)ccc2c1C. The van der Waals surface area contributed by atoms with E-state index in [0.29, 0.717) is 30.9 Å². The summed E-state index contributed by atoms with van der Waals surface area (Å²) in [6.45, 7) is 9.38. The molecule has 2 rings (SSSR count). The molecule has 0 aliphatic heterocycles. The third-order valence-corrected chi connectivity index (χ3v) is 5.52. The monoisotopic (exact) mass is 386 g/mol. The third kappa shape index (κ3) is 5.32. The summed E-state index contributed by atoms with van der Waals surface area (Å²) in [5, 5.41) is 0.845. The number of thiophene rings is 1. The molecule has 144 valence electrons. The number of hydrogen-bond donors (Lipinski definition) is 0. The molecule has 26 heavy (non-hydrogen) atoms. The maximum Gasteiger partial charge on any atom is 0.416 e. The normalized spacial score (nSPS) is 13.3. The molecule has 0 fully saturated rings. The molecule has 6 heteroatoms. The van der Waals surface area contributed by atoms with Crippen LogP contribution in [0.1, 0.15) is 48.3 Å². The van der Waals surface area contributed by atoms with Crippen LogP contribution in [0.15, 0.2) is 30.9 Å². The molecule has 2 aromatic rings. The summed E-state index contributed by atoms with van der Waals surface area (Å²) < 4.78 is 51.1. The molecule has 0 saturated heterocycles. The van der Waals surface area contributed by atoms with Crippen molar-refractivity contribution in [2.45, 2.75) is 45.4 Å². The van der Waals surface area contributed by atoms with Crippen LogP contribution in [0.4, 0.5) is 13.2 Å². The van der Waals surface area contributed by atoms with Crippen molar-refractivity contribution in [3.8, 4) is 0 Å². The van der Waals surface area contributed by atoms with E-state index in [1.807, 2.05) is 6.92 Å². The summed E-state index contributed by atoms with van der Waals surface area (Å²) in [5.41, 5.74) is 0.352. The zero-order chi connectivity index (χ0) is 19.2. The number of hydrogen-bond acceptors (Lipinski definition) is 3. The van der Waals surface area contributed by atoms with Gasteiger partial charge in [0.05, 0.1) is 18.3 Å². The number of alkyl halides is 3. The molecule has 1 aromatic heterocycles. The highest BCUT2D eigenvalue weighted by molar-refractivity contribution is 7.19. The van der Waals surface area contributed by atoms with Gasteiger partial charge in [0.2, 0.25) is 0 Å². The first kappa shape index (κ1) is 20.9. The van der Waals surface area contributed by atoms with Crippen molar-refractivity contribution in [2.75, 3.05) is 19.8 Å². The Balaban J connectivity index is 2.23. The van der Waals surface area contributed by atoms with Gasteiger partial charge in [-0.1, -0.05) is 25.5 Å². The van der Waals surface area contributed by atoms with Gasteiger partial charge >= 0.3 is 6.18 Å². The molecule has 1 heterocycles. The summed E-state index contributed by atoms with van der Waals surface area (Å²) in [6.07, 6.45) is -0.111. The molecule has 0 N–H and O–H groups in total. The maximum atomic E-state index is 13.0. The van der Waals surface area contributed by atoms with E-state index in [4.69, 9.17) is 9.47 Å². The molecule has 0 radical (unpaired) electrons. The lowest BCUT2D eigenvalue weighted by Gasteiger charge is -2.17. The van der Waals surface area contributed by atoms with Crippen molar-refractivity contribution in [3.05, 3.63) is 46.9 Å². The molecule has 0 aliphatic carbocycles. The van der Waals surface area contributed by atoms with Crippen molar-refractivity contribution in [1.29, 1.82) is 0 Å². The summed E-state index contributed by atoms with van der Waals surface area (Å²) in [4.78, 5) is 0.959. The number of aryl methyl sites for hydroxylation is 1. The molecular formula is C20H25F3O2S. The average molecular weight is 386 g/mol. The number of halogens is 3. The number of ether oxygens (including phenoxy) is 2. The van der Waals surface area contributed by atoms with E-state index in [9.17, 15) is 13.2 Å². The first-order chi connectivity index (χ1) is 12.4. The Morgan fingerprint density at radius 1 is 1.27 bits per heavy atom. The minimum atomic E-state index is -4.34.